The van der Waals surface area contributed by atoms with E-state index >= 15 is 0 Å². The Morgan fingerprint density at radius 2 is 2.12 bits per heavy atom. The number of rotatable bonds is 8. The molecule has 0 fully saturated rings. The van der Waals surface area contributed by atoms with E-state index in [1.807, 2.05) is 37.3 Å². The summed E-state index contributed by atoms with van der Waals surface area (Å²) in [5, 5.41) is 9.27. The van der Waals surface area contributed by atoms with Gasteiger partial charge in [-0.2, -0.15) is 0 Å². The minimum Gasteiger partial charge on any atom is -0.495 e. The van der Waals surface area contributed by atoms with E-state index in [1.165, 1.54) is 6.92 Å². The van der Waals surface area contributed by atoms with Gasteiger partial charge in [-0.05, 0) is 36.8 Å². The number of furan rings is 1. The van der Waals surface area contributed by atoms with Crippen LogP contribution in [0.15, 0.2) is 46.0 Å². The van der Waals surface area contributed by atoms with E-state index in [0.29, 0.717) is 18.0 Å². The van der Waals surface area contributed by atoms with Gasteiger partial charge in [0.15, 0.2) is 5.96 Å². The Morgan fingerprint density at radius 3 is 2.77 bits per heavy atom. The van der Waals surface area contributed by atoms with Crippen LogP contribution in [0.4, 0.5) is 5.69 Å². The van der Waals surface area contributed by atoms with E-state index in [4.69, 9.17) is 9.15 Å². The molecule has 0 spiro atoms. The molecule has 0 radical (unpaired) electrons. The Hall–Kier alpha value is -2.96. The molecule has 0 atom stereocenters. The average Bonchev–Trinajstić information content (AvgIpc) is 3.13. The van der Waals surface area contributed by atoms with Gasteiger partial charge < -0.3 is 25.1 Å². The van der Waals surface area contributed by atoms with Gasteiger partial charge in [-0.1, -0.05) is 6.07 Å². The van der Waals surface area contributed by atoms with Crippen LogP contribution in [0.25, 0.3) is 0 Å². The van der Waals surface area contributed by atoms with E-state index < -0.39 is 0 Å². The summed E-state index contributed by atoms with van der Waals surface area (Å²) in [4.78, 5) is 15.9. The summed E-state index contributed by atoms with van der Waals surface area (Å²) in [6.45, 7) is 5.46. The summed E-state index contributed by atoms with van der Waals surface area (Å²) >= 11 is 0. The Balaban J connectivity index is 1.99. The first-order chi connectivity index (χ1) is 12.6. The Kier molecular flexibility index (Phi) is 7.54. The van der Waals surface area contributed by atoms with Gasteiger partial charge in [0.1, 0.15) is 11.5 Å². The number of benzene rings is 1. The van der Waals surface area contributed by atoms with Gasteiger partial charge in [-0.25, -0.2) is 4.99 Å². The van der Waals surface area contributed by atoms with Crippen molar-refractivity contribution < 1.29 is 13.9 Å². The van der Waals surface area contributed by atoms with Crippen molar-refractivity contribution in [2.24, 2.45) is 4.99 Å². The van der Waals surface area contributed by atoms with Crippen molar-refractivity contribution >= 4 is 17.6 Å². The van der Waals surface area contributed by atoms with E-state index in [9.17, 15) is 4.79 Å². The topological polar surface area (TPSA) is 87.9 Å². The molecule has 3 N–H and O–H groups in total. The fraction of sp³-hybridized carbons (Fsp3) is 0.368. The molecule has 1 amide bonds. The molecule has 140 valence electrons. The van der Waals surface area contributed by atoms with E-state index in [0.717, 1.165) is 36.8 Å². The number of hydrogen-bond acceptors (Lipinski definition) is 4. The van der Waals surface area contributed by atoms with Crippen molar-refractivity contribution in [2.45, 2.75) is 26.8 Å². The van der Waals surface area contributed by atoms with Crippen molar-refractivity contribution in [1.82, 2.24) is 10.6 Å². The van der Waals surface area contributed by atoms with Gasteiger partial charge in [-0.15, -0.1) is 0 Å². The lowest BCUT2D eigenvalue weighted by atomic mass is 10.2. The predicted molar refractivity (Wildman–Crippen MR) is 103 cm³/mol. The molecule has 1 heterocycles. The minimum absolute atomic E-state index is 0.142. The van der Waals surface area contributed by atoms with Crippen LogP contribution in [-0.4, -0.2) is 32.1 Å². The van der Waals surface area contributed by atoms with Crippen molar-refractivity contribution in [3.63, 3.8) is 0 Å². The normalized spacial score (nSPS) is 11.1. The number of ether oxygens (including phenoxy) is 1. The lowest BCUT2D eigenvalue weighted by Crippen LogP contribution is -2.38. The first-order valence-corrected chi connectivity index (χ1v) is 8.61. The first-order valence-electron chi connectivity index (χ1n) is 8.61. The second-order valence-corrected chi connectivity index (χ2v) is 5.67. The second kappa shape index (κ2) is 10.1. The minimum atomic E-state index is -0.142. The molecule has 2 rings (SSSR count). The Morgan fingerprint density at radius 1 is 1.27 bits per heavy atom. The van der Waals surface area contributed by atoms with Crippen LogP contribution in [0.3, 0.4) is 0 Å². The van der Waals surface area contributed by atoms with Crippen molar-refractivity contribution in [2.75, 3.05) is 25.5 Å². The number of carbonyl (C=O) groups excluding carboxylic acids is 1. The maximum Gasteiger partial charge on any atom is 0.221 e. The zero-order chi connectivity index (χ0) is 18.8. The number of anilines is 1. The standard InChI is InChI=1S/C19H26N4O3/c1-4-20-19(21-10-9-16-6-5-11-26-16)22-13-15-7-8-18(25-3)17(12-15)23-14(2)24/h5-8,11-12H,4,9-10,13H2,1-3H3,(H,23,24)(H2,20,21,22). The van der Waals surface area contributed by atoms with Crippen LogP contribution in [0.5, 0.6) is 5.75 Å². The highest BCUT2D eigenvalue weighted by molar-refractivity contribution is 5.90. The van der Waals surface area contributed by atoms with E-state index in [2.05, 4.69) is 20.9 Å². The Labute approximate surface area is 153 Å². The summed E-state index contributed by atoms with van der Waals surface area (Å²) in [5.41, 5.74) is 1.61. The molecule has 0 aliphatic rings. The molecule has 0 bridgehead atoms. The largest absolute Gasteiger partial charge is 0.495 e. The summed E-state index contributed by atoms with van der Waals surface area (Å²) < 4.78 is 10.6. The van der Waals surface area contributed by atoms with Crippen LogP contribution in [0, 0.1) is 0 Å². The molecular formula is C19H26N4O3. The van der Waals surface area contributed by atoms with Gasteiger partial charge in [0.25, 0.3) is 0 Å². The molecule has 1 aromatic carbocycles. The number of nitrogens with zero attached hydrogens (tertiary/aromatic N) is 1. The highest BCUT2D eigenvalue weighted by atomic mass is 16.5. The molecule has 0 aliphatic carbocycles. The maximum absolute atomic E-state index is 11.3. The van der Waals surface area contributed by atoms with Crippen molar-refractivity contribution in [1.29, 1.82) is 0 Å². The molecule has 2 aromatic rings. The second-order valence-electron chi connectivity index (χ2n) is 5.67. The van der Waals surface area contributed by atoms with E-state index in [-0.39, 0.29) is 5.91 Å². The molecule has 7 nitrogen and oxygen atoms in total. The monoisotopic (exact) mass is 358 g/mol. The highest BCUT2D eigenvalue weighted by Gasteiger charge is 2.06. The smallest absolute Gasteiger partial charge is 0.221 e. The molecular weight excluding hydrogens is 332 g/mol. The molecule has 7 heteroatoms. The third-order valence-electron chi connectivity index (χ3n) is 3.58. The first kappa shape index (κ1) is 19.4. The molecule has 0 saturated heterocycles. The molecule has 0 aliphatic heterocycles. The summed E-state index contributed by atoms with van der Waals surface area (Å²) in [6, 6.07) is 9.46. The third kappa shape index (κ3) is 6.16. The molecule has 26 heavy (non-hydrogen) atoms. The fourth-order valence-electron chi connectivity index (χ4n) is 2.41. The van der Waals surface area contributed by atoms with Gasteiger partial charge in [0.2, 0.25) is 5.91 Å². The number of hydrogen-bond donors (Lipinski definition) is 3. The number of nitrogens with one attached hydrogen (secondary N) is 3. The summed E-state index contributed by atoms with van der Waals surface area (Å²) in [7, 11) is 1.57. The summed E-state index contributed by atoms with van der Waals surface area (Å²) in [5.74, 6) is 2.15. The SMILES string of the molecule is CCNC(=NCc1ccc(OC)c(NC(C)=O)c1)NCCc1ccco1. The van der Waals surface area contributed by atoms with Gasteiger partial charge in [-0.3, -0.25) is 4.79 Å². The third-order valence-corrected chi connectivity index (χ3v) is 3.58. The van der Waals surface area contributed by atoms with Crippen LogP contribution >= 0.6 is 0 Å². The number of aliphatic imine (C=N–C) groups is 1. The maximum atomic E-state index is 11.3. The number of carbonyl (C=O) groups is 1. The Bertz CT molecular complexity index is 726. The number of guanidine groups is 1. The summed E-state index contributed by atoms with van der Waals surface area (Å²) in [6.07, 6.45) is 2.46. The van der Waals surface area contributed by atoms with Crippen molar-refractivity contribution in [3.05, 3.63) is 47.9 Å². The van der Waals surface area contributed by atoms with Gasteiger partial charge >= 0.3 is 0 Å². The number of amides is 1. The quantitative estimate of drug-likeness (QED) is 0.499. The average molecular weight is 358 g/mol. The van der Waals surface area contributed by atoms with Crippen LogP contribution in [0.1, 0.15) is 25.2 Å². The van der Waals surface area contributed by atoms with Gasteiger partial charge in [0.05, 0.1) is 25.6 Å². The fourth-order valence-corrected chi connectivity index (χ4v) is 2.41. The molecule has 1 aromatic heterocycles. The zero-order valence-corrected chi connectivity index (χ0v) is 15.5. The predicted octanol–water partition coefficient (Wildman–Crippen LogP) is 2.54. The van der Waals surface area contributed by atoms with Crippen molar-refractivity contribution in [3.8, 4) is 5.75 Å². The lowest BCUT2D eigenvalue weighted by molar-refractivity contribution is -0.114. The lowest BCUT2D eigenvalue weighted by Gasteiger charge is -2.12. The highest BCUT2D eigenvalue weighted by Crippen LogP contribution is 2.25. The van der Waals surface area contributed by atoms with E-state index in [1.54, 1.807) is 13.4 Å². The van der Waals surface area contributed by atoms with Crippen LogP contribution in [-0.2, 0) is 17.8 Å². The molecule has 0 saturated carbocycles. The number of methoxy groups -OCH3 is 1. The van der Waals surface area contributed by atoms with Crippen LogP contribution < -0.4 is 20.7 Å². The molecule has 0 unspecified atom stereocenters. The van der Waals surface area contributed by atoms with Crippen LogP contribution in [0.2, 0.25) is 0 Å². The zero-order valence-electron chi connectivity index (χ0n) is 15.5. The van der Waals surface area contributed by atoms with Gasteiger partial charge in [0, 0.05) is 26.4 Å².